The molecule has 1 heterocycles. The van der Waals surface area contributed by atoms with Gasteiger partial charge in [-0.3, -0.25) is 4.79 Å². The average molecular weight is 624 g/mol. The number of anilines is 1. The maximum atomic E-state index is 12.9. The number of amides is 1. The van der Waals surface area contributed by atoms with E-state index in [0.29, 0.717) is 46.9 Å². The van der Waals surface area contributed by atoms with Gasteiger partial charge < -0.3 is 20.1 Å². The molecule has 210 valence electrons. The number of imidazole rings is 1. The third kappa shape index (κ3) is 8.72. The molecule has 0 aliphatic rings. The zero-order valence-corrected chi connectivity index (χ0v) is 25.5. The second-order valence-electron chi connectivity index (χ2n) is 9.14. The van der Waals surface area contributed by atoms with Crippen molar-refractivity contribution in [1.82, 2.24) is 19.8 Å². The van der Waals surface area contributed by atoms with E-state index in [9.17, 15) is 4.79 Å². The van der Waals surface area contributed by atoms with E-state index >= 15 is 0 Å². The van der Waals surface area contributed by atoms with Crippen LogP contribution >= 0.6 is 47.2 Å². The van der Waals surface area contributed by atoms with E-state index in [4.69, 9.17) is 40.7 Å². The van der Waals surface area contributed by atoms with Crippen LogP contribution in [-0.4, -0.2) is 44.8 Å². The predicted octanol–water partition coefficient (Wildman–Crippen LogP) is 6.39. The van der Waals surface area contributed by atoms with E-state index in [2.05, 4.69) is 21.7 Å². The number of rotatable bonds is 11. The summed E-state index contributed by atoms with van der Waals surface area (Å²) in [7, 11) is 0. The van der Waals surface area contributed by atoms with E-state index in [-0.39, 0.29) is 12.3 Å². The molecule has 0 unspecified atom stereocenters. The van der Waals surface area contributed by atoms with Crippen LogP contribution in [0.1, 0.15) is 22.4 Å². The second kappa shape index (κ2) is 14.9. The standard InChI is InChI=1S/C30H28Cl2N6OS2/c1-41-26-11-9-24(10-12-26)36-30(40)37(19-23-3-2-4-27(31)29(23)32)14-13-35-28(39)15-25-17-34-20-38(25)18-22-7-5-21(16-33)6-8-22/h2-12,17,20H,13-15,18-19H2,1H3,(H,35,39)(H,36,40). The quantitative estimate of drug-likeness (QED) is 0.148. The number of hydrogen-bond donors (Lipinski definition) is 2. The van der Waals surface area contributed by atoms with Gasteiger partial charge in [0.2, 0.25) is 5.91 Å². The molecular formula is C30H28Cl2N6OS2. The molecule has 0 saturated heterocycles. The fourth-order valence-corrected chi connectivity index (χ4v) is 5.14. The van der Waals surface area contributed by atoms with E-state index in [1.807, 2.05) is 64.3 Å². The van der Waals surface area contributed by atoms with Crippen molar-refractivity contribution in [3.05, 3.63) is 112 Å². The molecule has 4 aromatic rings. The minimum absolute atomic E-state index is 0.126. The Morgan fingerprint density at radius 2 is 1.88 bits per heavy atom. The van der Waals surface area contributed by atoms with E-state index in [1.54, 1.807) is 42.5 Å². The summed E-state index contributed by atoms with van der Waals surface area (Å²) in [5.41, 5.74) is 4.12. The molecule has 0 spiro atoms. The number of carbonyl (C=O) groups excluding carboxylic acids is 1. The minimum atomic E-state index is -0.126. The first kappa shape index (κ1) is 30.4. The number of thioether (sulfide) groups is 1. The Morgan fingerprint density at radius 3 is 2.59 bits per heavy atom. The summed E-state index contributed by atoms with van der Waals surface area (Å²) in [6.45, 7) is 1.80. The van der Waals surface area contributed by atoms with Crippen LogP contribution in [-0.2, 0) is 24.3 Å². The Bertz CT molecular complexity index is 1530. The Kier molecular flexibility index (Phi) is 11.0. The number of aromatic nitrogens is 2. The summed E-state index contributed by atoms with van der Waals surface area (Å²) in [6.07, 6.45) is 5.60. The van der Waals surface area contributed by atoms with Crippen LogP contribution in [0.3, 0.4) is 0 Å². The molecule has 2 N–H and O–H groups in total. The normalized spacial score (nSPS) is 10.6. The first-order chi connectivity index (χ1) is 19.9. The SMILES string of the molecule is CSc1ccc(NC(=S)N(CCNC(=O)Cc2cncn2Cc2ccc(C#N)cc2)Cc2cccc(Cl)c2Cl)cc1. The molecule has 11 heteroatoms. The number of carbonyl (C=O) groups is 1. The maximum Gasteiger partial charge on any atom is 0.226 e. The van der Waals surface area contributed by atoms with Gasteiger partial charge in [0.15, 0.2) is 5.11 Å². The van der Waals surface area contributed by atoms with Crippen molar-refractivity contribution in [1.29, 1.82) is 5.26 Å². The van der Waals surface area contributed by atoms with Gasteiger partial charge in [-0.05, 0) is 72.1 Å². The summed E-state index contributed by atoms with van der Waals surface area (Å²) in [4.78, 5) is 20.2. The van der Waals surface area contributed by atoms with Crippen molar-refractivity contribution in [2.24, 2.45) is 0 Å². The molecule has 1 aromatic heterocycles. The van der Waals surface area contributed by atoms with Crippen LogP contribution in [0.25, 0.3) is 0 Å². The lowest BCUT2D eigenvalue weighted by Gasteiger charge is -2.27. The number of benzene rings is 3. The molecule has 0 radical (unpaired) electrons. The first-order valence-electron chi connectivity index (χ1n) is 12.7. The minimum Gasteiger partial charge on any atom is -0.354 e. The van der Waals surface area contributed by atoms with Crippen molar-refractivity contribution < 1.29 is 4.79 Å². The fraction of sp³-hybridized carbons (Fsp3) is 0.200. The smallest absolute Gasteiger partial charge is 0.226 e. The van der Waals surface area contributed by atoms with Crippen molar-refractivity contribution in [3.63, 3.8) is 0 Å². The molecule has 0 saturated carbocycles. The Hall–Kier alpha value is -3.55. The lowest BCUT2D eigenvalue weighted by Crippen LogP contribution is -2.40. The number of nitriles is 1. The highest BCUT2D eigenvalue weighted by Crippen LogP contribution is 2.27. The molecule has 0 aliphatic carbocycles. The van der Waals surface area contributed by atoms with Crippen LogP contribution in [0.5, 0.6) is 0 Å². The van der Waals surface area contributed by atoms with Crippen LogP contribution in [0.4, 0.5) is 5.69 Å². The van der Waals surface area contributed by atoms with Crippen LogP contribution < -0.4 is 10.6 Å². The average Bonchev–Trinajstić information content (AvgIpc) is 3.41. The molecule has 41 heavy (non-hydrogen) atoms. The molecule has 7 nitrogen and oxygen atoms in total. The molecule has 0 atom stereocenters. The highest BCUT2D eigenvalue weighted by Gasteiger charge is 2.15. The largest absolute Gasteiger partial charge is 0.354 e. The Labute approximate surface area is 259 Å². The number of thiocarbonyl (C=S) groups is 1. The maximum absolute atomic E-state index is 12.9. The molecule has 1 amide bonds. The van der Waals surface area contributed by atoms with Gasteiger partial charge in [0, 0.05) is 48.7 Å². The molecule has 3 aromatic carbocycles. The second-order valence-corrected chi connectivity index (χ2v) is 11.2. The summed E-state index contributed by atoms with van der Waals surface area (Å²) >= 11 is 20.1. The highest BCUT2D eigenvalue weighted by molar-refractivity contribution is 7.98. The number of nitrogens with one attached hydrogen (secondary N) is 2. The fourth-order valence-electron chi connectivity index (χ4n) is 4.08. The number of nitrogens with zero attached hydrogens (tertiary/aromatic N) is 4. The van der Waals surface area contributed by atoms with Gasteiger partial charge >= 0.3 is 0 Å². The van der Waals surface area contributed by atoms with Crippen molar-refractivity contribution >= 4 is 63.9 Å². The third-order valence-corrected chi connectivity index (χ3v) is 8.26. The summed E-state index contributed by atoms with van der Waals surface area (Å²) in [6, 6.07) is 23.0. The lowest BCUT2D eigenvalue weighted by atomic mass is 10.1. The molecule has 0 aliphatic heterocycles. The zero-order chi connectivity index (χ0) is 29.2. The number of hydrogen-bond acceptors (Lipinski definition) is 5. The monoisotopic (exact) mass is 622 g/mol. The van der Waals surface area contributed by atoms with E-state index < -0.39 is 0 Å². The Balaban J connectivity index is 1.37. The third-order valence-electron chi connectivity index (χ3n) is 6.30. The highest BCUT2D eigenvalue weighted by atomic mass is 35.5. The number of halogens is 2. The predicted molar refractivity (Wildman–Crippen MR) is 171 cm³/mol. The molecular weight excluding hydrogens is 595 g/mol. The molecule has 0 bridgehead atoms. The zero-order valence-electron chi connectivity index (χ0n) is 22.3. The van der Waals surface area contributed by atoms with Gasteiger partial charge in [-0.1, -0.05) is 47.5 Å². The summed E-state index contributed by atoms with van der Waals surface area (Å²) in [5.74, 6) is -0.126. The van der Waals surface area contributed by atoms with Crippen LogP contribution in [0.15, 0.2) is 84.1 Å². The van der Waals surface area contributed by atoms with Gasteiger partial charge in [0.05, 0.1) is 34.4 Å². The van der Waals surface area contributed by atoms with Gasteiger partial charge in [-0.15, -0.1) is 11.8 Å². The van der Waals surface area contributed by atoms with E-state index in [1.165, 1.54) is 0 Å². The van der Waals surface area contributed by atoms with Crippen molar-refractivity contribution in [3.8, 4) is 6.07 Å². The van der Waals surface area contributed by atoms with Crippen LogP contribution in [0.2, 0.25) is 10.0 Å². The van der Waals surface area contributed by atoms with Gasteiger partial charge in [0.1, 0.15) is 0 Å². The lowest BCUT2D eigenvalue weighted by molar-refractivity contribution is -0.120. The van der Waals surface area contributed by atoms with Gasteiger partial charge in [0.25, 0.3) is 0 Å². The van der Waals surface area contributed by atoms with Crippen molar-refractivity contribution in [2.75, 3.05) is 24.7 Å². The first-order valence-corrected chi connectivity index (χ1v) is 15.1. The summed E-state index contributed by atoms with van der Waals surface area (Å²) in [5, 5.41) is 16.8. The molecule has 4 rings (SSSR count). The van der Waals surface area contributed by atoms with Gasteiger partial charge in [-0.25, -0.2) is 4.98 Å². The van der Waals surface area contributed by atoms with E-state index in [0.717, 1.165) is 27.4 Å². The molecule has 0 fully saturated rings. The Morgan fingerprint density at radius 1 is 1.12 bits per heavy atom. The van der Waals surface area contributed by atoms with Crippen LogP contribution in [0, 0.1) is 11.3 Å². The van der Waals surface area contributed by atoms with Gasteiger partial charge in [-0.2, -0.15) is 5.26 Å². The summed E-state index contributed by atoms with van der Waals surface area (Å²) < 4.78 is 1.93. The van der Waals surface area contributed by atoms with Crippen molar-refractivity contribution in [2.45, 2.75) is 24.4 Å². The topological polar surface area (TPSA) is 86.0 Å².